The lowest BCUT2D eigenvalue weighted by molar-refractivity contribution is 0.0886. The predicted octanol–water partition coefficient (Wildman–Crippen LogP) is 3.85. The quantitative estimate of drug-likeness (QED) is 0.814. The second-order valence-corrected chi connectivity index (χ2v) is 7.58. The van der Waals surface area contributed by atoms with E-state index in [4.69, 9.17) is 23.2 Å². The molecule has 0 unspecified atom stereocenters. The fourth-order valence-corrected chi connectivity index (χ4v) is 3.61. The third-order valence-corrected chi connectivity index (χ3v) is 5.43. The Hall–Kier alpha value is -1.66. The number of nitrogens with one attached hydrogen (secondary N) is 1. The number of piperazine rings is 1. The van der Waals surface area contributed by atoms with E-state index in [1.807, 2.05) is 0 Å². The number of carbonyl (C=O) groups is 1. The van der Waals surface area contributed by atoms with Crippen molar-refractivity contribution >= 4 is 29.1 Å². The first-order valence-corrected chi connectivity index (χ1v) is 9.61. The average molecular weight is 410 g/mol. The van der Waals surface area contributed by atoms with Crippen molar-refractivity contribution in [2.24, 2.45) is 0 Å². The van der Waals surface area contributed by atoms with Crippen LogP contribution in [0.2, 0.25) is 10.0 Å². The van der Waals surface area contributed by atoms with Gasteiger partial charge in [-0.1, -0.05) is 35.3 Å². The van der Waals surface area contributed by atoms with Crippen LogP contribution < -0.4 is 5.32 Å². The Kier molecular flexibility index (Phi) is 6.71. The monoisotopic (exact) mass is 409 g/mol. The molecular weight excluding hydrogens is 388 g/mol. The summed E-state index contributed by atoms with van der Waals surface area (Å²) in [7, 11) is 2.09. The second kappa shape index (κ2) is 9.02. The zero-order chi connectivity index (χ0) is 19.4. The number of amides is 1. The molecule has 1 N–H and O–H groups in total. The third-order valence-electron chi connectivity index (χ3n) is 4.86. The van der Waals surface area contributed by atoms with Crippen LogP contribution in [0.5, 0.6) is 0 Å². The fraction of sp³-hybridized carbons (Fsp3) is 0.350. The summed E-state index contributed by atoms with van der Waals surface area (Å²) in [6.45, 7) is 4.06. The van der Waals surface area contributed by atoms with Crippen LogP contribution in [0.25, 0.3) is 0 Å². The van der Waals surface area contributed by atoms with Gasteiger partial charge >= 0.3 is 0 Å². The third kappa shape index (κ3) is 5.20. The first-order valence-electron chi connectivity index (χ1n) is 8.85. The van der Waals surface area contributed by atoms with Crippen LogP contribution in [-0.4, -0.2) is 55.5 Å². The van der Waals surface area contributed by atoms with Crippen LogP contribution in [0.4, 0.5) is 4.39 Å². The van der Waals surface area contributed by atoms with Gasteiger partial charge in [-0.05, 0) is 42.9 Å². The zero-order valence-electron chi connectivity index (χ0n) is 15.1. The molecular formula is C20H22Cl2FN3O. The fourth-order valence-electron chi connectivity index (χ4n) is 3.23. The molecule has 3 rings (SSSR count). The van der Waals surface area contributed by atoms with E-state index >= 15 is 0 Å². The van der Waals surface area contributed by atoms with Crippen LogP contribution >= 0.6 is 23.2 Å². The molecule has 144 valence electrons. The summed E-state index contributed by atoms with van der Waals surface area (Å²) >= 11 is 12.1. The minimum absolute atomic E-state index is 0.0405. The van der Waals surface area contributed by atoms with E-state index in [-0.39, 0.29) is 17.8 Å². The van der Waals surface area contributed by atoms with Gasteiger partial charge in [0.25, 0.3) is 5.91 Å². The van der Waals surface area contributed by atoms with E-state index in [2.05, 4.69) is 22.2 Å². The van der Waals surface area contributed by atoms with E-state index in [0.29, 0.717) is 22.2 Å². The van der Waals surface area contributed by atoms with Gasteiger partial charge in [0.2, 0.25) is 0 Å². The summed E-state index contributed by atoms with van der Waals surface area (Å²) in [5, 5.41) is 3.77. The Labute approximate surface area is 168 Å². The van der Waals surface area contributed by atoms with Crippen molar-refractivity contribution in [3.8, 4) is 0 Å². The Morgan fingerprint density at radius 3 is 2.44 bits per heavy atom. The first kappa shape index (κ1) is 20.1. The van der Waals surface area contributed by atoms with Crippen LogP contribution in [0.1, 0.15) is 22.0 Å². The lowest BCUT2D eigenvalue weighted by Crippen LogP contribution is -2.48. The molecule has 0 aliphatic carbocycles. The van der Waals surface area contributed by atoms with Crippen LogP contribution in [0.15, 0.2) is 42.5 Å². The number of halogens is 3. The van der Waals surface area contributed by atoms with E-state index in [9.17, 15) is 9.18 Å². The summed E-state index contributed by atoms with van der Waals surface area (Å²) in [6, 6.07) is 11.2. The van der Waals surface area contributed by atoms with E-state index in [1.54, 1.807) is 30.3 Å². The molecule has 2 aromatic rings. The molecule has 4 nitrogen and oxygen atoms in total. The van der Waals surface area contributed by atoms with Crippen molar-refractivity contribution in [2.45, 2.75) is 6.04 Å². The summed E-state index contributed by atoms with van der Waals surface area (Å²) in [6.07, 6.45) is 0. The second-order valence-electron chi connectivity index (χ2n) is 6.74. The zero-order valence-corrected chi connectivity index (χ0v) is 16.6. The molecule has 1 aliphatic heterocycles. The maximum absolute atomic E-state index is 13.3. The number of hydrogen-bond acceptors (Lipinski definition) is 3. The molecule has 0 bridgehead atoms. The molecule has 1 saturated heterocycles. The van der Waals surface area contributed by atoms with E-state index in [1.165, 1.54) is 12.1 Å². The highest BCUT2D eigenvalue weighted by Gasteiger charge is 2.25. The van der Waals surface area contributed by atoms with Crippen molar-refractivity contribution in [1.29, 1.82) is 0 Å². The van der Waals surface area contributed by atoms with Crippen LogP contribution in [-0.2, 0) is 0 Å². The molecule has 0 aromatic heterocycles. The van der Waals surface area contributed by atoms with Crippen molar-refractivity contribution in [2.75, 3.05) is 39.8 Å². The van der Waals surface area contributed by atoms with Crippen LogP contribution in [0, 0.1) is 5.82 Å². The largest absolute Gasteiger partial charge is 0.350 e. The highest BCUT2D eigenvalue weighted by atomic mass is 35.5. The molecule has 1 heterocycles. The minimum atomic E-state index is -0.274. The number of likely N-dealkylation sites (N-methyl/N-ethyl adjacent to an activating group) is 1. The minimum Gasteiger partial charge on any atom is -0.350 e. The summed E-state index contributed by atoms with van der Waals surface area (Å²) < 4.78 is 13.3. The van der Waals surface area contributed by atoms with Crippen molar-refractivity contribution in [1.82, 2.24) is 15.1 Å². The lowest BCUT2D eigenvalue weighted by atomic mass is 10.0. The van der Waals surface area contributed by atoms with Gasteiger partial charge in [-0.25, -0.2) is 4.39 Å². The molecule has 1 fully saturated rings. The van der Waals surface area contributed by atoms with Gasteiger partial charge in [0.05, 0.1) is 16.6 Å². The normalized spacial score (nSPS) is 16.9. The van der Waals surface area contributed by atoms with Gasteiger partial charge in [0.15, 0.2) is 0 Å². The van der Waals surface area contributed by atoms with E-state index < -0.39 is 0 Å². The lowest BCUT2D eigenvalue weighted by Gasteiger charge is -2.38. The van der Waals surface area contributed by atoms with Crippen molar-refractivity contribution in [3.05, 3.63) is 69.5 Å². The predicted molar refractivity (Wildman–Crippen MR) is 107 cm³/mol. The van der Waals surface area contributed by atoms with Gasteiger partial charge in [-0.15, -0.1) is 0 Å². The topological polar surface area (TPSA) is 35.6 Å². The number of benzene rings is 2. The van der Waals surface area contributed by atoms with Crippen LogP contribution in [0.3, 0.4) is 0 Å². The van der Waals surface area contributed by atoms with Gasteiger partial charge in [-0.2, -0.15) is 0 Å². The summed E-state index contributed by atoms with van der Waals surface area (Å²) in [4.78, 5) is 17.2. The maximum atomic E-state index is 13.3. The molecule has 0 saturated carbocycles. The molecule has 1 atom stereocenters. The van der Waals surface area contributed by atoms with Crippen molar-refractivity contribution in [3.63, 3.8) is 0 Å². The summed E-state index contributed by atoms with van der Waals surface area (Å²) in [5.41, 5.74) is 1.32. The Morgan fingerprint density at radius 2 is 1.78 bits per heavy atom. The first-order chi connectivity index (χ1) is 12.9. The number of nitrogens with zero attached hydrogens (tertiary/aromatic N) is 2. The molecule has 2 aromatic carbocycles. The van der Waals surface area contributed by atoms with Gasteiger partial charge < -0.3 is 10.2 Å². The van der Waals surface area contributed by atoms with Gasteiger partial charge in [-0.3, -0.25) is 9.69 Å². The SMILES string of the molecule is CN1CCN([C@H](CNC(=O)c2cc(Cl)ccc2Cl)c2ccc(F)cc2)CC1. The molecule has 0 spiro atoms. The molecule has 0 radical (unpaired) electrons. The summed E-state index contributed by atoms with van der Waals surface area (Å²) in [5.74, 6) is -0.547. The molecule has 1 amide bonds. The van der Waals surface area contributed by atoms with Gasteiger partial charge in [0, 0.05) is 37.7 Å². The van der Waals surface area contributed by atoms with E-state index in [0.717, 1.165) is 31.7 Å². The molecule has 7 heteroatoms. The number of hydrogen-bond donors (Lipinski definition) is 1. The Balaban J connectivity index is 1.75. The average Bonchev–Trinajstić information content (AvgIpc) is 2.66. The van der Waals surface area contributed by atoms with Crippen molar-refractivity contribution < 1.29 is 9.18 Å². The molecule has 27 heavy (non-hydrogen) atoms. The maximum Gasteiger partial charge on any atom is 0.252 e. The van der Waals surface area contributed by atoms with Gasteiger partial charge in [0.1, 0.15) is 5.82 Å². The Morgan fingerprint density at radius 1 is 1.11 bits per heavy atom. The molecule has 1 aliphatic rings. The standard InChI is InChI=1S/C20H22Cl2FN3O/c1-25-8-10-26(11-9-25)19(14-2-5-16(23)6-3-14)13-24-20(27)17-12-15(21)4-7-18(17)22/h2-7,12,19H,8-11,13H2,1H3,(H,24,27)/t19-/m1/s1. The Bertz CT molecular complexity index is 792. The number of carbonyl (C=O) groups excluding carboxylic acids is 1. The highest BCUT2D eigenvalue weighted by Crippen LogP contribution is 2.24. The highest BCUT2D eigenvalue weighted by molar-refractivity contribution is 6.35. The number of rotatable bonds is 5. The smallest absolute Gasteiger partial charge is 0.252 e.